The van der Waals surface area contributed by atoms with Crippen LogP contribution in [-0.2, 0) is 4.79 Å². The summed E-state index contributed by atoms with van der Waals surface area (Å²) in [7, 11) is 0. The van der Waals surface area contributed by atoms with Crippen molar-refractivity contribution in [1.29, 1.82) is 0 Å². The minimum atomic E-state index is -1.03. The van der Waals surface area contributed by atoms with E-state index >= 15 is 0 Å². The molecular formula is C23H16N4O7. The van der Waals surface area contributed by atoms with E-state index in [1.807, 2.05) is 0 Å². The third kappa shape index (κ3) is 3.13. The van der Waals surface area contributed by atoms with Gasteiger partial charge in [-0.25, -0.2) is 4.79 Å². The largest absolute Gasteiger partial charge is 0.507 e. The molecule has 2 unspecified atom stereocenters. The molecule has 0 radical (unpaired) electrons. The average Bonchev–Trinajstić information content (AvgIpc) is 2.82. The van der Waals surface area contributed by atoms with E-state index in [-0.39, 0.29) is 45.8 Å². The number of H-pyrrole nitrogens is 2. The lowest BCUT2D eigenvalue weighted by atomic mass is 9.77. The standard InChI is InChI=1S/C23H16N4O7/c28-18-11-6-1-2-7-12(11)19(29)20(30)17(18)14-9-13(10-5-3-4-8-15(10)27(33)34)16-21(24-14)25-23(32)26-22(16)31/h1-8,13-14,28H,9H2,(H3,24,25,26,31,32). The molecule has 1 aliphatic carbocycles. The van der Waals surface area contributed by atoms with Gasteiger partial charge in [-0.1, -0.05) is 42.5 Å². The highest BCUT2D eigenvalue weighted by Crippen LogP contribution is 2.42. The average molecular weight is 460 g/mol. The van der Waals surface area contributed by atoms with Gasteiger partial charge in [0.25, 0.3) is 11.2 Å². The zero-order chi connectivity index (χ0) is 24.1. The summed E-state index contributed by atoms with van der Waals surface area (Å²) in [6.07, 6.45) is -0.0758. The van der Waals surface area contributed by atoms with E-state index in [0.29, 0.717) is 0 Å². The van der Waals surface area contributed by atoms with E-state index in [2.05, 4.69) is 15.3 Å². The summed E-state index contributed by atoms with van der Waals surface area (Å²) in [6.45, 7) is 0. The topological polar surface area (TPSA) is 175 Å². The third-order valence-electron chi connectivity index (χ3n) is 6.11. The normalized spacial score (nSPS) is 19.3. The molecule has 4 N–H and O–H groups in total. The molecule has 2 atom stereocenters. The molecule has 2 heterocycles. The summed E-state index contributed by atoms with van der Waals surface area (Å²) >= 11 is 0. The zero-order valence-electron chi connectivity index (χ0n) is 17.3. The van der Waals surface area contributed by atoms with Crippen molar-refractivity contribution in [3.8, 4) is 0 Å². The Kier molecular flexibility index (Phi) is 4.74. The number of para-hydroxylation sites is 1. The predicted molar refractivity (Wildman–Crippen MR) is 120 cm³/mol. The van der Waals surface area contributed by atoms with Crippen molar-refractivity contribution in [3.05, 3.63) is 107 Å². The first-order chi connectivity index (χ1) is 16.3. The Morgan fingerprint density at radius 1 is 0.912 bits per heavy atom. The summed E-state index contributed by atoms with van der Waals surface area (Å²) in [4.78, 5) is 66.1. The number of hydrogen-bond donors (Lipinski definition) is 4. The molecule has 3 aromatic rings. The van der Waals surface area contributed by atoms with Crippen molar-refractivity contribution < 1.29 is 19.6 Å². The second kappa shape index (κ2) is 7.66. The number of anilines is 1. The molecule has 1 aliphatic heterocycles. The third-order valence-corrected chi connectivity index (χ3v) is 6.11. The molecule has 1 aromatic heterocycles. The highest BCUT2D eigenvalue weighted by molar-refractivity contribution is 6.52. The number of benzene rings is 2. The van der Waals surface area contributed by atoms with E-state index in [4.69, 9.17) is 0 Å². The molecule has 0 saturated carbocycles. The van der Waals surface area contributed by atoms with Crippen LogP contribution in [-0.4, -0.2) is 37.6 Å². The van der Waals surface area contributed by atoms with Crippen LogP contribution in [0, 0.1) is 10.1 Å². The number of nitro groups is 1. The van der Waals surface area contributed by atoms with Crippen LogP contribution in [0.25, 0.3) is 5.76 Å². The number of ketones is 2. The molecule has 34 heavy (non-hydrogen) atoms. The molecule has 0 fully saturated rings. The first kappa shape index (κ1) is 21.1. The fourth-order valence-electron chi connectivity index (χ4n) is 4.66. The van der Waals surface area contributed by atoms with E-state index in [0.717, 1.165) is 0 Å². The van der Waals surface area contributed by atoms with Crippen molar-refractivity contribution in [2.24, 2.45) is 0 Å². The highest BCUT2D eigenvalue weighted by atomic mass is 16.6. The van der Waals surface area contributed by atoms with Crippen LogP contribution in [0.3, 0.4) is 0 Å². The van der Waals surface area contributed by atoms with Crippen molar-refractivity contribution in [2.45, 2.75) is 18.4 Å². The van der Waals surface area contributed by atoms with Gasteiger partial charge < -0.3 is 10.4 Å². The molecular weight excluding hydrogens is 444 g/mol. The van der Waals surface area contributed by atoms with Crippen LogP contribution in [0.4, 0.5) is 11.5 Å². The highest BCUT2D eigenvalue weighted by Gasteiger charge is 2.42. The number of carbonyl (C=O) groups is 2. The maximum Gasteiger partial charge on any atom is 0.327 e. The molecule has 11 nitrogen and oxygen atoms in total. The van der Waals surface area contributed by atoms with E-state index < -0.39 is 45.5 Å². The van der Waals surface area contributed by atoms with Gasteiger partial charge in [-0.05, 0) is 6.42 Å². The number of aliphatic hydroxyl groups excluding tert-OH is 1. The number of aromatic amines is 2. The quantitative estimate of drug-likeness (QED) is 0.261. The Balaban J connectivity index is 1.73. The summed E-state index contributed by atoms with van der Waals surface area (Å²) < 4.78 is 0. The number of nitrogens with zero attached hydrogens (tertiary/aromatic N) is 1. The van der Waals surface area contributed by atoms with Gasteiger partial charge in [0, 0.05) is 28.7 Å². The number of nitro benzene ring substituents is 1. The Labute approximate surface area is 189 Å². The summed E-state index contributed by atoms with van der Waals surface area (Å²) in [5.74, 6) is -3.13. The van der Waals surface area contributed by atoms with Crippen LogP contribution in [0.15, 0.2) is 63.7 Å². The number of Topliss-reactive ketones (excluding diaryl/α,β-unsaturated/α-hetero) is 2. The molecule has 2 aromatic carbocycles. The van der Waals surface area contributed by atoms with E-state index in [9.17, 15) is 34.4 Å². The summed E-state index contributed by atoms with van der Waals surface area (Å²) in [6, 6.07) is 10.9. The molecule has 0 spiro atoms. The zero-order valence-corrected chi connectivity index (χ0v) is 17.3. The second-order valence-electron chi connectivity index (χ2n) is 7.96. The SMILES string of the molecule is O=C1C(=O)c2ccccc2C(O)=C1C1CC(c2ccccc2[N+](=O)[O-])c2c([nH]c(=O)[nH]c2=O)N1. The van der Waals surface area contributed by atoms with Crippen molar-refractivity contribution in [1.82, 2.24) is 9.97 Å². The number of fused-ring (bicyclic) bond motifs is 2. The molecule has 11 heteroatoms. The Hall–Kier alpha value is -4.80. The Bertz CT molecular complexity index is 1550. The van der Waals surface area contributed by atoms with Gasteiger partial charge in [0.1, 0.15) is 11.6 Å². The van der Waals surface area contributed by atoms with Crippen molar-refractivity contribution in [3.63, 3.8) is 0 Å². The van der Waals surface area contributed by atoms with E-state index in [1.54, 1.807) is 18.2 Å². The maximum absolute atomic E-state index is 13.0. The molecule has 170 valence electrons. The first-order valence-corrected chi connectivity index (χ1v) is 10.3. The number of hydrogen-bond acceptors (Lipinski definition) is 8. The number of nitrogens with one attached hydrogen (secondary N) is 3. The number of carbonyl (C=O) groups excluding carboxylic acids is 2. The van der Waals surface area contributed by atoms with E-state index in [1.165, 1.54) is 30.3 Å². The summed E-state index contributed by atoms with van der Waals surface area (Å²) in [5, 5.41) is 25.5. The van der Waals surface area contributed by atoms with Gasteiger partial charge in [-0.3, -0.25) is 34.5 Å². The molecule has 0 amide bonds. The molecule has 0 saturated heterocycles. The van der Waals surface area contributed by atoms with Gasteiger partial charge in [-0.2, -0.15) is 0 Å². The first-order valence-electron chi connectivity index (χ1n) is 10.3. The second-order valence-corrected chi connectivity index (χ2v) is 7.96. The predicted octanol–water partition coefficient (Wildman–Crippen LogP) is 2.02. The number of rotatable bonds is 3. The van der Waals surface area contributed by atoms with Gasteiger partial charge in [0.05, 0.1) is 22.1 Å². The van der Waals surface area contributed by atoms with Gasteiger partial charge in [-0.15, -0.1) is 0 Å². The van der Waals surface area contributed by atoms with Crippen LogP contribution in [0.2, 0.25) is 0 Å². The molecule has 5 rings (SSSR count). The monoisotopic (exact) mass is 460 g/mol. The van der Waals surface area contributed by atoms with Crippen LogP contribution >= 0.6 is 0 Å². The fourth-order valence-corrected chi connectivity index (χ4v) is 4.66. The van der Waals surface area contributed by atoms with Gasteiger partial charge in [0.15, 0.2) is 0 Å². The lowest BCUT2D eigenvalue weighted by Crippen LogP contribution is -2.42. The summed E-state index contributed by atoms with van der Waals surface area (Å²) in [5.41, 5.74) is -1.59. The maximum atomic E-state index is 13.0. The lowest BCUT2D eigenvalue weighted by molar-refractivity contribution is -0.385. The minimum Gasteiger partial charge on any atom is -0.507 e. The Morgan fingerprint density at radius 2 is 1.59 bits per heavy atom. The molecule has 2 aliphatic rings. The smallest absolute Gasteiger partial charge is 0.327 e. The van der Waals surface area contributed by atoms with Crippen LogP contribution in [0.5, 0.6) is 0 Å². The Morgan fingerprint density at radius 3 is 2.32 bits per heavy atom. The van der Waals surface area contributed by atoms with Crippen molar-refractivity contribution in [2.75, 3.05) is 5.32 Å². The molecule has 0 bridgehead atoms. The van der Waals surface area contributed by atoms with Crippen molar-refractivity contribution >= 4 is 28.8 Å². The minimum absolute atomic E-state index is 0.0419. The lowest BCUT2D eigenvalue weighted by Gasteiger charge is -2.34. The van der Waals surface area contributed by atoms with Crippen LogP contribution < -0.4 is 16.6 Å². The van der Waals surface area contributed by atoms with Gasteiger partial charge in [0.2, 0.25) is 11.6 Å². The van der Waals surface area contributed by atoms with Crippen LogP contribution in [0.1, 0.15) is 39.4 Å². The number of aromatic nitrogens is 2. The number of aliphatic hydroxyl groups is 1. The van der Waals surface area contributed by atoms with Gasteiger partial charge >= 0.3 is 5.69 Å². The fraction of sp³-hybridized carbons (Fsp3) is 0.130.